The summed E-state index contributed by atoms with van der Waals surface area (Å²) < 4.78 is 15.7. The number of nitrogens with one attached hydrogen (secondary N) is 1. The highest BCUT2D eigenvalue weighted by Gasteiger charge is 2.14. The molecule has 1 heterocycles. The van der Waals surface area contributed by atoms with Crippen LogP contribution in [0.2, 0.25) is 5.02 Å². The zero-order valence-corrected chi connectivity index (χ0v) is 15.0. The van der Waals surface area contributed by atoms with Crippen molar-refractivity contribution in [3.8, 4) is 11.5 Å². The van der Waals surface area contributed by atoms with Gasteiger partial charge in [-0.1, -0.05) is 17.7 Å². The van der Waals surface area contributed by atoms with E-state index in [1.54, 1.807) is 12.1 Å². The number of carbonyl (C=O) groups is 2. The molecular weight excluding hydrogens is 358 g/mol. The minimum Gasteiger partial charge on any atom is -0.486 e. The fraction of sp³-hybridized carbons (Fsp3) is 0.263. The van der Waals surface area contributed by atoms with Crippen LogP contribution in [0.1, 0.15) is 22.3 Å². The van der Waals surface area contributed by atoms with Gasteiger partial charge in [-0.2, -0.15) is 0 Å². The molecule has 2 aromatic rings. The molecule has 0 aromatic heterocycles. The lowest BCUT2D eigenvalue weighted by atomic mass is 10.1. The molecule has 3 rings (SSSR count). The van der Waals surface area contributed by atoms with Crippen molar-refractivity contribution in [2.75, 3.05) is 25.6 Å². The number of hydrogen-bond acceptors (Lipinski definition) is 5. The van der Waals surface area contributed by atoms with Crippen LogP contribution in [0, 0.1) is 0 Å². The molecule has 136 valence electrons. The highest BCUT2D eigenvalue weighted by Crippen LogP contribution is 2.31. The monoisotopic (exact) mass is 375 g/mol. The van der Waals surface area contributed by atoms with Crippen LogP contribution in [0.3, 0.4) is 0 Å². The SMILES string of the molecule is COC(=O)c1ccc(Cl)c(NC(=O)CCc2ccc3c(c2)OCCO3)c1. The lowest BCUT2D eigenvalue weighted by Crippen LogP contribution is -2.16. The third kappa shape index (κ3) is 4.26. The van der Waals surface area contributed by atoms with Crippen LogP contribution in [-0.4, -0.2) is 32.2 Å². The number of aryl methyl sites for hydroxylation is 1. The summed E-state index contributed by atoms with van der Waals surface area (Å²) in [7, 11) is 1.29. The lowest BCUT2D eigenvalue weighted by Gasteiger charge is -2.18. The Hall–Kier alpha value is -2.73. The maximum Gasteiger partial charge on any atom is 0.337 e. The van der Waals surface area contributed by atoms with Gasteiger partial charge in [-0.15, -0.1) is 0 Å². The van der Waals surface area contributed by atoms with Crippen molar-refractivity contribution in [2.45, 2.75) is 12.8 Å². The number of benzene rings is 2. The molecule has 0 atom stereocenters. The molecule has 26 heavy (non-hydrogen) atoms. The van der Waals surface area contributed by atoms with E-state index in [4.69, 9.17) is 21.1 Å². The van der Waals surface area contributed by atoms with E-state index in [9.17, 15) is 9.59 Å². The topological polar surface area (TPSA) is 73.9 Å². The van der Waals surface area contributed by atoms with Gasteiger partial charge in [0, 0.05) is 6.42 Å². The number of fused-ring (bicyclic) bond motifs is 1. The van der Waals surface area contributed by atoms with Gasteiger partial charge in [-0.3, -0.25) is 4.79 Å². The van der Waals surface area contributed by atoms with Crippen molar-refractivity contribution in [2.24, 2.45) is 0 Å². The first-order valence-corrected chi connectivity index (χ1v) is 8.51. The number of methoxy groups -OCH3 is 1. The molecule has 1 N–H and O–H groups in total. The van der Waals surface area contributed by atoms with Crippen LogP contribution in [0.5, 0.6) is 11.5 Å². The minimum atomic E-state index is -0.492. The molecule has 1 aliphatic rings. The van der Waals surface area contributed by atoms with Gasteiger partial charge in [-0.25, -0.2) is 4.79 Å². The molecule has 0 aliphatic carbocycles. The number of hydrogen-bond donors (Lipinski definition) is 1. The molecule has 0 radical (unpaired) electrons. The highest BCUT2D eigenvalue weighted by atomic mass is 35.5. The molecule has 1 aliphatic heterocycles. The van der Waals surface area contributed by atoms with E-state index >= 15 is 0 Å². The zero-order chi connectivity index (χ0) is 18.5. The van der Waals surface area contributed by atoms with Crippen LogP contribution in [0.15, 0.2) is 36.4 Å². The van der Waals surface area contributed by atoms with E-state index in [2.05, 4.69) is 10.1 Å². The van der Waals surface area contributed by atoms with Crippen LogP contribution >= 0.6 is 11.6 Å². The average molecular weight is 376 g/mol. The second-order valence-electron chi connectivity index (χ2n) is 5.71. The van der Waals surface area contributed by atoms with Gasteiger partial charge in [0.15, 0.2) is 11.5 Å². The Bertz CT molecular complexity index is 837. The molecule has 0 saturated heterocycles. The highest BCUT2D eigenvalue weighted by molar-refractivity contribution is 6.33. The Kier molecular flexibility index (Phi) is 5.63. The molecule has 0 unspecified atom stereocenters. The number of ether oxygens (including phenoxy) is 3. The van der Waals surface area contributed by atoms with Crippen LogP contribution in [-0.2, 0) is 16.0 Å². The Labute approximate surface area is 156 Å². The third-order valence-corrected chi connectivity index (χ3v) is 4.24. The Balaban J connectivity index is 1.62. The van der Waals surface area contributed by atoms with Crippen molar-refractivity contribution in [3.63, 3.8) is 0 Å². The lowest BCUT2D eigenvalue weighted by molar-refractivity contribution is -0.116. The van der Waals surface area contributed by atoms with E-state index < -0.39 is 5.97 Å². The number of anilines is 1. The molecule has 0 bridgehead atoms. The number of esters is 1. The summed E-state index contributed by atoms with van der Waals surface area (Å²) in [5.74, 6) is 0.719. The van der Waals surface area contributed by atoms with E-state index in [0.717, 1.165) is 11.3 Å². The predicted octanol–water partition coefficient (Wildman–Crippen LogP) is 3.47. The zero-order valence-electron chi connectivity index (χ0n) is 14.2. The minimum absolute atomic E-state index is 0.205. The quantitative estimate of drug-likeness (QED) is 0.810. The summed E-state index contributed by atoms with van der Waals surface area (Å²) in [6.45, 7) is 1.06. The predicted molar refractivity (Wildman–Crippen MR) is 97.2 cm³/mol. The Morgan fingerprint density at radius 3 is 2.65 bits per heavy atom. The molecular formula is C19H18ClNO5. The second kappa shape index (κ2) is 8.10. The first kappa shape index (κ1) is 18.1. The maximum atomic E-state index is 12.2. The van der Waals surface area contributed by atoms with Crippen LogP contribution < -0.4 is 14.8 Å². The number of amides is 1. The average Bonchev–Trinajstić information content (AvgIpc) is 2.67. The van der Waals surface area contributed by atoms with Gasteiger partial charge < -0.3 is 19.5 Å². The number of rotatable bonds is 5. The maximum absolute atomic E-state index is 12.2. The van der Waals surface area contributed by atoms with Crippen molar-refractivity contribution >= 4 is 29.2 Å². The van der Waals surface area contributed by atoms with Crippen molar-refractivity contribution < 1.29 is 23.8 Å². The first-order valence-electron chi connectivity index (χ1n) is 8.13. The molecule has 0 spiro atoms. The number of halogens is 1. The fourth-order valence-corrected chi connectivity index (χ4v) is 2.74. The summed E-state index contributed by atoms with van der Waals surface area (Å²) >= 11 is 6.09. The van der Waals surface area contributed by atoms with E-state index in [1.807, 2.05) is 18.2 Å². The van der Waals surface area contributed by atoms with Crippen molar-refractivity contribution in [1.82, 2.24) is 0 Å². The summed E-state index contributed by atoms with van der Waals surface area (Å²) in [5.41, 5.74) is 1.67. The molecule has 7 heteroatoms. The van der Waals surface area contributed by atoms with Gasteiger partial charge >= 0.3 is 5.97 Å². The summed E-state index contributed by atoms with van der Waals surface area (Å²) in [6.07, 6.45) is 0.801. The van der Waals surface area contributed by atoms with Crippen molar-refractivity contribution in [3.05, 3.63) is 52.5 Å². The Morgan fingerprint density at radius 2 is 1.88 bits per heavy atom. The van der Waals surface area contributed by atoms with Gasteiger partial charge in [0.25, 0.3) is 0 Å². The normalized spacial score (nSPS) is 12.4. The van der Waals surface area contributed by atoms with Gasteiger partial charge in [0.2, 0.25) is 5.91 Å². The van der Waals surface area contributed by atoms with E-state index in [0.29, 0.717) is 41.7 Å². The summed E-state index contributed by atoms with van der Waals surface area (Å²) in [5, 5.41) is 3.08. The fourth-order valence-electron chi connectivity index (χ4n) is 2.58. The van der Waals surface area contributed by atoms with E-state index in [1.165, 1.54) is 13.2 Å². The summed E-state index contributed by atoms with van der Waals surface area (Å²) in [6, 6.07) is 10.2. The summed E-state index contributed by atoms with van der Waals surface area (Å²) in [4.78, 5) is 23.8. The van der Waals surface area contributed by atoms with E-state index in [-0.39, 0.29) is 12.3 Å². The van der Waals surface area contributed by atoms with Gasteiger partial charge in [0.05, 0.1) is 23.4 Å². The molecule has 0 fully saturated rings. The second-order valence-corrected chi connectivity index (χ2v) is 6.12. The van der Waals surface area contributed by atoms with Crippen LogP contribution in [0.25, 0.3) is 0 Å². The third-order valence-electron chi connectivity index (χ3n) is 3.91. The number of carbonyl (C=O) groups excluding carboxylic acids is 2. The van der Waals surface area contributed by atoms with Gasteiger partial charge in [-0.05, 0) is 42.3 Å². The van der Waals surface area contributed by atoms with Gasteiger partial charge in [0.1, 0.15) is 13.2 Å². The Morgan fingerprint density at radius 1 is 1.12 bits per heavy atom. The molecule has 0 saturated carbocycles. The smallest absolute Gasteiger partial charge is 0.337 e. The van der Waals surface area contributed by atoms with Crippen molar-refractivity contribution in [1.29, 1.82) is 0 Å². The van der Waals surface area contributed by atoms with Crippen LogP contribution in [0.4, 0.5) is 5.69 Å². The molecule has 6 nitrogen and oxygen atoms in total. The standard InChI is InChI=1S/C19H18ClNO5/c1-24-19(23)13-4-5-14(20)15(11-13)21-18(22)7-3-12-2-6-16-17(10-12)26-9-8-25-16/h2,4-6,10-11H,3,7-9H2,1H3,(H,21,22). The first-order chi connectivity index (χ1) is 12.6. The molecule has 1 amide bonds. The largest absolute Gasteiger partial charge is 0.486 e. The molecule has 2 aromatic carbocycles.